The van der Waals surface area contributed by atoms with Gasteiger partial charge >= 0.3 is 0 Å². The molecule has 3 heterocycles. The summed E-state index contributed by atoms with van der Waals surface area (Å²) in [5.74, 6) is 1.33. The number of hydrogen-bond donors (Lipinski definition) is 1. The maximum absolute atomic E-state index is 12.3. The number of hydrogen-bond acceptors (Lipinski definition) is 5. The number of anilines is 1. The van der Waals surface area contributed by atoms with Crippen molar-refractivity contribution in [3.05, 3.63) is 41.7 Å². The van der Waals surface area contributed by atoms with Crippen LogP contribution in [0.1, 0.15) is 33.6 Å². The molecule has 0 aliphatic carbocycles. The molecule has 1 aromatic carbocycles. The van der Waals surface area contributed by atoms with Crippen LogP contribution in [-0.4, -0.2) is 48.6 Å². The van der Waals surface area contributed by atoms with E-state index in [1.165, 1.54) is 0 Å². The molecule has 0 atom stereocenters. The van der Waals surface area contributed by atoms with Crippen LogP contribution in [0.4, 0.5) is 5.69 Å². The van der Waals surface area contributed by atoms with Crippen LogP contribution in [0.5, 0.6) is 11.5 Å². The van der Waals surface area contributed by atoms with Crippen molar-refractivity contribution >= 4 is 28.8 Å². The summed E-state index contributed by atoms with van der Waals surface area (Å²) in [5, 5.41) is 3.70. The quantitative estimate of drug-likeness (QED) is 0.580. The third kappa shape index (κ3) is 4.88. The van der Waals surface area contributed by atoms with Crippen molar-refractivity contribution < 1.29 is 14.3 Å². The van der Waals surface area contributed by atoms with Gasteiger partial charge in [0.05, 0.1) is 24.9 Å². The number of benzene rings is 1. The van der Waals surface area contributed by atoms with Crippen LogP contribution in [0.15, 0.2) is 36.7 Å². The number of nitrogens with zero attached hydrogens (tertiary/aromatic N) is 3. The van der Waals surface area contributed by atoms with Gasteiger partial charge in [-0.25, -0.2) is 4.98 Å². The van der Waals surface area contributed by atoms with Crippen molar-refractivity contribution in [3.8, 4) is 22.8 Å². The zero-order valence-corrected chi connectivity index (χ0v) is 20.6. The first-order valence-corrected chi connectivity index (χ1v) is 11.5. The Morgan fingerprint density at radius 3 is 2.45 bits per heavy atom. The van der Waals surface area contributed by atoms with Crippen LogP contribution in [0, 0.1) is 5.41 Å². The van der Waals surface area contributed by atoms with E-state index >= 15 is 0 Å². The molecule has 1 fully saturated rings. The first kappa shape index (κ1) is 23.2. The molecule has 4 rings (SSSR count). The first-order chi connectivity index (χ1) is 15.7. The summed E-state index contributed by atoms with van der Waals surface area (Å²) in [6, 6.07) is 8.01. The summed E-state index contributed by atoms with van der Waals surface area (Å²) >= 11 is 6.35. The fourth-order valence-corrected chi connectivity index (χ4v) is 4.28. The number of carbonyl (C=O) groups excluding carboxylic acids is 1. The number of nitrogens with one attached hydrogen (secondary N) is 1. The summed E-state index contributed by atoms with van der Waals surface area (Å²) < 4.78 is 12.8. The number of halogens is 1. The van der Waals surface area contributed by atoms with Gasteiger partial charge in [-0.05, 0) is 25.0 Å². The minimum absolute atomic E-state index is 0.112. The molecule has 1 saturated heterocycles. The molecule has 1 aliphatic rings. The van der Waals surface area contributed by atoms with Crippen LogP contribution in [0.2, 0.25) is 5.02 Å². The SMILES string of the molecule is COc1cc(OC)c(-c2cn3ccc(N4CCC(NC(=O)C(C)(C)C)CC4)cc3n2)cc1Cl. The highest BCUT2D eigenvalue weighted by Crippen LogP contribution is 2.38. The Hall–Kier alpha value is -2.93. The number of amides is 1. The Balaban J connectivity index is 1.52. The summed E-state index contributed by atoms with van der Waals surface area (Å²) in [7, 11) is 3.20. The monoisotopic (exact) mass is 470 g/mol. The van der Waals surface area contributed by atoms with Crippen molar-refractivity contribution in [2.75, 3.05) is 32.2 Å². The van der Waals surface area contributed by atoms with Gasteiger partial charge in [0.1, 0.15) is 17.1 Å². The van der Waals surface area contributed by atoms with Gasteiger partial charge in [0.25, 0.3) is 0 Å². The molecule has 0 unspecified atom stereocenters. The Morgan fingerprint density at radius 1 is 1.12 bits per heavy atom. The maximum atomic E-state index is 12.3. The number of methoxy groups -OCH3 is 2. The Labute approximate surface area is 199 Å². The van der Waals surface area contributed by atoms with E-state index in [1.807, 2.05) is 43.6 Å². The van der Waals surface area contributed by atoms with E-state index in [2.05, 4.69) is 22.3 Å². The van der Waals surface area contributed by atoms with E-state index in [-0.39, 0.29) is 17.4 Å². The molecule has 0 radical (unpaired) electrons. The molecular formula is C25H31ClN4O3. The van der Waals surface area contributed by atoms with Crippen LogP contribution in [0.3, 0.4) is 0 Å². The molecule has 0 saturated carbocycles. The van der Waals surface area contributed by atoms with E-state index < -0.39 is 0 Å². The average molecular weight is 471 g/mol. The van der Waals surface area contributed by atoms with Crippen molar-refractivity contribution in [1.29, 1.82) is 0 Å². The smallest absolute Gasteiger partial charge is 0.225 e. The number of piperidine rings is 1. The Kier molecular flexibility index (Phi) is 6.43. The highest BCUT2D eigenvalue weighted by atomic mass is 35.5. The molecule has 8 heteroatoms. The first-order valence-electron chi connectivity index (χ1n) is 11.2. The molecular weight excluding hydrogens is 440 g/mol. The van der Waals surface area contributed by atoms with Gasteiger partial charge in [0.2, 0.25) is 5.91 Å². The van der Waals surface area contributed by atoms with Gasteiger partial charge in [-0.3, -0.25) is 4.79 Å². The van der Waals surface area contributed by atoms with Crippen LogP contribution in [0.25, 0.3) is 16.9 Å². The number of imidazole rings is 1. The Morgan fingerprint density at radius 2 is 1.82 bits per heavy atom. The molecule has 176 valence electrons. The van der Waals surface area contributed by atoms with Gasteiger partial charge in [0, 0.05) is 60.3 Å². The fourth-order valence-electron chi connectivity index (χ4n) is 4.04. The molecule has 3 aromatic rings. The third-order valence-corrected chi connectivity index (χ3v) is 6.37. The summed E-state index contributed by atoms with van der Waals surface area (Å²) in [5.41, 5.74) is 3.19. The van der Waals surface area contributed by atoms with Crippen molar-refractivity contribution in [3.63, 3.8) is 0 Å². The van der Waals surface area contributed by atoms with Crippen molar-refractivity contribution in [1.82, 2.24) is 14.7 Å². The molecule has 1 N–H and O–H groups in total. The number of fused-ring (bicyclic) bond motifs is 1. The van der Waals surface area contributed by atoms with Gasteiger partial charge in [-0.2, -0.15) is 0 Å². The zero-order chi connectivity index (χ0) is 23.8. The lowest BCUT2D eigenvalue weighted by molar-refractivity contribution is -0.129. The minimum Gasteiger partial charge on any atom is -0.496 e. The number of ether oxygens (including phenoxy) is 2. The number of pyridine rings is 1. The second-order valence-corrected chi connectivity index (χ2v) is 9.86. The molecule has 7 nitrogen and oxygen atoms in total. The van der Waals surface area contributed by atoms with Crippen molar-refractivity contribution in [2.45, 2.75) is 39.7 Å². The number of rotatable bonds is 5. The zero-order valence-electron chi connectivity index (χ0n) is 19.8. The Bertz CT molecular complexity index is 1160. The second-order valence-electron chi connectivity index (χ2n) is 9.45. The van der Waals surface area contributed by atoms with Gasteiger partial charge in [-0.15, -0.1) is 0 Å². The standard InChI is InChI=1S/C25H31ClN4O3/c1-25(2,3)24(31)27-16-6-9-29(10-7-16)17-8-11-30-15-20(28-23(30)12-17)18-13-19(26)22(33-5)14-21(18)32-4/h8,11-16H,6-7,9-10H2,1-5H3,(H,27,31). The van der Waals surface area contributed by atoms with E-state index in [1.54, 1.807) is 20.3 Å². The van der Waals surface area contributed by atoms with Gasteiger partial charge in [0.15, 0.2) is 0 Å². The van der Waals surface area contributed by atoms with Crippen molar-refractivity contribution in [2.24, 2.45) is 5.41 Å². The van der Waals surface area contributed by atoms with E-state index in [0.29, 0.717) is 16.5 Å². The average Bonchev–Trinajstić information content (AvgIpc) is 3.22. The molecule has 2 aromatic heterocycles. The lowest BCUT2D eigenvalue weighted by atomic mass is 9.94. The van der Waals surface area contributed by atoms with Crippen LogP contribution >= 0.6 is 11.6 Å². The molecule has 0 spiro atoms. The second kappa shape index (κ2) is 9.14. The van der Waals surface area contributed by atoms with Gasteiger partial charge in [-0.1, -0.05) is 32.4 Å². The predicted molar refractivity (Wildman–Crippen MR) is 132 cm³/mol. The van der Waals surface area contributed by atoms with Gasteiger partial charge < -0.3 is 24.1 Å². The lowest BCUT2D eigenvalue weighted by Crippen LogP contribution is -2.47. The largest absolute Gasteiger partial charge is 0.496 e. The highest BCUT2D eigenvalue weighted by molar-refractivity contribution is 6.32. The maximum Gasteiger partial charge on any atom is 0.225 e. The molecule has 1 aliphatic heterocycles. The van der Waals surface area contributed by atoms with E-state index in [0.717, 1.165) is 48.5 Å². The minimum atomic E-state index is -0.364. The topological polar surface area (TPSA) is 68.1 Å². The third-order valence-electron chi connectivity index (χ3n) is 6.07. The highest BCUT2D eigenvalue weighted by Gasteiger charge is 2.26. The van der Waals surface area contributed by atoms with E-state index in [9.17, 15) is 4.79 Å². The fraction of sp³-hybridized carbons (Fsp3) is 0.440. The summed E-state index contributed by atoms with van der Waals surface area (Å²) in [6.45, 7) is 7.62. The predicted octanol–water partition coefficient (Wildman–Crippen LogP) is 4.80. The number of aromatic nitrogens is 2. The van der Waals surface area contributed by atoms with E-state index in [4.69, 9.17) is 26.1 Å². The normalized spacial score (nSPS) is 15.0. The molecule has 1 amide bonds. The summed E-state index contributed by atoms with van der Waals surface area (Å²) in [6.07, 6.45) is 5.84. The lowest BCUT2D eigenvalue weighted by Gasteiger charge is -2.35. The molecule has 33 heavy (non-hydrogen) atoms. The van der Waals surface area contributed by atoms with Crippen LogP contribution < -0.4 is 19.7 Å². The number of carbonyl (C=O) groups is 1. The summed E-state index contributed by atoms with van der Waals surface area (Å²) in [4.78, 5) is 19.5. The molecule has 0 bridgehead atoms. The van der Waals surface area contributed by atoms with Crippen LogP contribution in [-0.2, 0) is 4.79 Å².